The summed E-state index contributed by atoms with van der Waals surface area (Å²) >= 11 is 17.8. The van der Waals surface area contributed by atoms with Crippen molar-refractivity contribution in [3.05, 3.63) is 57.0 Å². The van der Waals surface area contributed by atoms with Crippen LogP contribution in [-0.2, 0) is 4.79 Å². The normalized spacial score (nSPS) is 10.2. The van der Waals surface area contributed by atoms with Crippen molar-refractivity contribution in [1.29, 1.82) is 0 Å². The summed E-state index contributed by atoms with van der Waals surface area (Å²) in [6, 6.07) is 9.48. The highest BCUT2D eigenvalue weighted by Gasteiger charge is 2.09. The minimum Gasteiger partial charge on any atom is -0.484 e. The number of carbonyl (C=O) groups is 2. The van der Waals surface area contributed by atoms with Gasteiger partial charge in [0.05, 0.1) is 15.7 Å². The maximum absolute atomic E-state index is 11.8. The third-order valence-corrected chi connectivity index (χ3v) is 3.78. The number of hydrogen-bond acceptors (Lipinski definition) is 4. The molecule has 5 nitrogen and oxygen atoms in total. The second-order valence-corrected chi connectivity index (χ2v) is 6.04. The molecule has 0 unspecified atom stereocenters. The lowest BCUT2D eigenvalue weighted by Gasteiger charge is -2.12. The molecule has 2 aromatic rings. The Hall–Kier alpha value is -1.95. The van der Waals surface area contributed by atoms with Gasteiger partial charge in [0, 0.05) is 10.6 Å². The third-order valence-electron chi connectivity index (χ3n) is 2.96. The Bertz CT molecular complexity index is 741. The summed E-state index contributed by atoms with van der Waals surface area (Å²) in [7, 11) is 0. The number of hydrogen-bond donors (Lipinski definition) is 2. The van der Waals surface area contributed by atoms with Gasteiger partial charge >= 0.3 is 0 Å². The van der Waals surface area contributed by atoms with Crippen LogP contribution in [0.3, 0.4) is 0 Å². The minimum absolute atomic E-state index is 0.0415. The van der Waals surface area contributed by atoms with Crippen LogP contribution in [0.1, 0.15) is 17.3 Å². The second-order valence-electron chi connectivity index (χ2n) is 4.79. The van der Waals surface area contributed by atoms with Crippen LogP contribution < -0.4 is 15.6 Å². The molecule has 0 aliphatic rings. The number of benzene rings is 2. The van der Waals surface area contributed by atoms with Gasteiger partial charge in [0.15, 0.2) is 12.4 Å². The van der Waals surface area contributed by atoms with Crippen molar-refractivity contribution in [3.63, 3.8) is 0 Å². The molecule has 0 atom stereocenters. The molecule has 24 heavy (non-hydrogen) atoms. The molecule has 0 aromatic heterocycles. The van der Waals surface area contributed by atoms with Crippen LogP contribution in [0.15, 0.2) is 36.4 Å². The van der Waals surface area contributed by atoms with E-state index < -0.39 is 5.91 Å². The number of amides is 1. The molecule has 0 saturated carbocycles. The molecule has 0 spiro atoms. The van der Waals surface area contributed by atoms with E-state index in [0.29, 0.717) is 22.0 Å². The van der Waals surface area contributed by atoms with Crippen LogP contribution in [-0.4, -0.2) is 18.3 Å². The van der Waals surface area contributed by atoms with Crippen LogP contribution in [0.25, 0.3) is 0 Å². The lowest BCUT2D eigenvalue weighted by molar-refractivity contribution is -0.122. The standard InChI is InChI=1S/C16H13Cl3N2O3/c1-9(22)10-2-4-12(5-3-10)24-8-15(23)20-21-16-13(18)6-11(17)7-14(16)19/h2-7,21H,8H2,1H3,(H,20,23). The Morgan fingerprint density at radius 2 is 1.62 bits per heavy atom. The van der Waals surface area contributed by atoms with Gasteiger partial charge in [0.2, 0.25) is 0 Å². The molecule has 0 aliphatic heterocycles. The molecule has 0 bridgehead atoms. The zero-order chi connectivity index (χ0) is 17.7. The molecule has 8 heteroatoms. The summed E-state index contributed by atoms with van der Waals surface area (Å²) in [5.74, 6) is -0.00866. The van der Waals surface area contributed by atoms with Gasteiger partial charge in [0.25, 0.3) is 5.91 Å². The molecule has 0 radical (unpaired) electrons. The Morgan fingerprint density at radius 3 is 2.17 bits per heavy atom. The minimum atomic E-state index is -0.437. The number of Topliss-reactive ketones (excluding diaryl/α,β-unsaturated/α-hetero) is 1. The van der Waals surface area contributed by atoms with Gasteiger partial charge in [-0.2, -0.15) is 0 Å². The number of carbonyl (C=O) groups excluding carboxylic acids is 2. The van der Waals surface area contributed by atoms with E-state index in [1.54, 1.807) is 24.3 Å². The first-order chi connectivity index (χ1) is 11.4. The Balaban J connectivity index is 1.87. The van der Waals surface area contributed by atoms with Crippen LogP contribution in [0.5, 0.6) is 5.75 Å². The molecule has 126 valence electrons. The average Bonchev–Trinajstić information content (AvgIpc) is 2.52. The third kappa shape index (κ3) is 5.03. The second kappa shape index (κ2) is 8.24. The van der Waals surface area contributed by atoms with E-state index in [1.165, 1.54) is 19.1 Å². The van der Waals surface area contributed by atoms with Crippen molar-refractivity contribution < 1.29 is 14.3 Å². The summed E-state index contributed by atoms with van der Waals surface area (Å²) in [5.41, 5.74) is 5.95. The maximum atomic E-state index is 11.8. The largest absolute Gasteiger partial charge is 0.484 e. The highest BCUT2D eigenvalue weighted by atomic mass is 35.5. The molecule has 1 amide bonds. The predicted molar refractivity (Wildman–Crippen MR) is 95.2 cm³/mol. The monoisotopic (exact) mass is 386 g/mol. The molecule has 0 heterocycles. The number of ketones is 1. The van der Waals surface area contributed by atoms with Gasteiger partial charge in [-0.25, -0.2) is 0 Å². The van der Waals surface area contributed by atoms with E-state index >= 15 is 0 Å². The zero-order valence-corrected chi connectivity index (χ0v) is 14.8. The van der Waals surface area contributed by atoms with Crippen LogP contribution in [0.4, 0.5) is 5.69 Å². The van der Waals surface area contributed by atoms with E-state index in [9.17, 15) is 9.59 Å². The van der Waals surface area contributed by atoms with Crippen molar-refractivity contribution in [1.82, 2.24) is 5.43 Å². The molecule has 2 N–H and O–H groups in total. The summed E-state index contributed by atoms with van der Waals surface area (Å²) in [4.78, 5) is 23.0. The van der Waals surface area contributed by atoms with Gasteiger partial charge in [0.1, 0.15) is 5.75 Å². The van der Waals surface area contributed by atoms with Crippen LogP contribution in [0, 0.1) is 0 Å². The van der Waals surface area contributed by atoms with Crippen molar-refractivity contribution in [2.45, 2.75) is 6.92 Å². The zero-order valence-electron chi connectivity index (χ0n) is 12.5. The highest BCUT2D eigenvalue weighted by Crippen LogP contribution is 2.33. The Kier molecular flexibility index (Phi) is 6.31. The van der Waals surface area contributed by atoms with Crippen LogP contribution in [0.2, 0.25) is 15.1 Å². The number of halogens is 3. The number of anilines is 1. The van der Waals surface area contributed by atoms with E-state index in [0.717, 1.165) is 0 Å². The molecule has 2 aromatic carbocycles. The highest BCUT2D eigenvalue weighted by molar-refractivity contribution is 6.41. The maximum Gasteiger partial charge on any atom is 0.276 e. The van der Waals surface area contributed by atoms with Gasteiger partial charge in [-0.15, -0.1) is 0 Å². The lowest BCUT2D eigenvalue weighted by atomic mass is 10.1. The first-order valence-electron chi connectivity index (χ1n) is 6.80. The number of hydrazine groups is 1. The molecular weight excluding hydrogens is 375 g/mol. The number of nitrogens with one attached hydrogen (secondary N) is 2. The van der Waals surface area contributed by atoms with E-state index in [4.69, 9.17) is 39.5 Å². The lowest BCUT2D eigenvalue weighted by Crippen LogP contribution is -2.33. The van der Waals surface area contributed by atoms with Crippen molar-refractivity contribution >= 4 is 52.2 Å². The summed E-state index contributed by atoms with van der Waals surface area (Å²) in [6.45, 7) is 1.25. The quantitative estimate of drug-likeness (QED) is 0.570. The summed E-state index contributed by atoms with van der Waals surface area (Å²) in [6.07, 6.45) is 0. The van der Waals surface area contributed by atoms with E-state index in [1.807, 2.05) is 0 Å². The fourth-order valence-corrected chi connectivity index (χ4v) is 2.68. The molecule has 0 aliphatic carbocycles. The van der Waals surface area contributed by atoms with Crippen LogP contribution >= 0.6 is 34.8 Å². The summed E-state index contributed by atoms with van der Waals surface area (Å²) in [5, 5.41) is 0.932. The van der Waals surface area contributed by atoms with E-state index in [-0.39, 0.29) is 22.4 Å². The van der Waals surface area contributed by atoms with Crippen molar-refractivity contribution in [2.75, 3.05) is 12.0 Å². The molecule has 0 saturated heterocycles. The van der Waals surface area contributed by atoms with Gasteiger partial charge in [-0.1, -0.05) is 34.8 Å². The predicted octanol–water partition coefficient (Wildman–Crippen LogP) is 4.37. The molecular formula is C16H13Cl3N2O3. The Labute approximate surface area is 153 Å². The smallest absolute Gasteiger partial charge is 0.276 e. The first kappa shape index (κ1) is 18.4. The fraction of sp³-hybridized carbons (Fsp3) is 0.125. The number of ether oxygens (including phenoxy) is 1. The van der Waals surface area contributed by atoms with E-state index in [2.05, 4.69) is 10.9 Å². The number of rotatable bonds is 6. The van der Waals surface area contributed by atoms with Gasteiger partial charge in [-0.3, -0.25) is 20.4 Å². The topological polar surface area (TPSA) is 67.4 Å². The first-order valence-corrected chi connectivity index (χ1v) is 7.93. The summed E-state index contributed by atoms with van der Waals surface area (Å²) < 4.78 is 5.32. The average molecular weight is 388 g/mol. The van der Waals surface area contributed by atoms with Crippen molar-refractivity contribution in [3.8, 4) is 5.75 Å². The molecule has 0 fully saturated rings. The van der Waals surface area contributed by atoms with Gasteiger partial charge < -0.3 is 4.74 Å². The molecule has 2 rings (SSSR count). The Morgan fingerprint density at radius 1 is 1.04 bits per heavy atom. The van der Waals surface area contributed by atoms with Gasteiger partial charge in [-0.05, 0) is 43.3 Å². The fourth-order valence-electron chi connectivity index (χ4n) is 1.76. The van der Waals surface area contributed by atoms with Crippen molar-refractivity contribution in [2.24, 2.45) is 0 Å². The SMILES string of the molecule is CC(=O)c1ccc(OCC(=O)NNc2c(Cl)cc(Cl)cc2Cl)cc1.